The maximum atomic E-state index is 4.33. The average molecular weight is 270 g/mol. The fraction of sp³-hybridized carbons (Fsp3) is 0.375. The predicted molar refractivity (Wildman–Crippen MR) is 82.4 cm³/mol. The second-order valence-corrected chi connectivity index (χ2v) is 5.01. The maximum absolute atomic E-state index is 4.33. The lowest BCUT2D eigenvalue weighted by atomic mass is 10.2. The van der Waals surface area contributed by atoms with E-state index in [1.54, 1.807) is 6.20 Å². The minimum atomic E-state index is 0.897. The normalized spacial score (nSPS) is 10.8. The first-order valence-electron chi connectivity index (χ1n) is 7.04. The summed E-state index contributed by atoms with van der Waals surface area (Å²) in [7, 11) is 2.12. The highest BCUT2D eigenvalue weighted by molar-refractivity contribution is 5.37. The van der Waals surface area contributed by atoms with Crippen molar-refractivity contribution in [2.75, 3.05) is 18.9 Å². The molecule has 0 aliphatic rings. The summed E-state index contributed by atoms with van der Waals surface area (Å²) < 4.78 is 0. The van der Waals surface area contributed by atoms with Crippen LogP contribution < -0.4 is 5.32 Å². The molecule has 0 fully saturated rings. The first kappa shape index (κ1) is 14.5. The molecule has 1 N–H and O–H groups in total. The molecule has 0 aromatic carbocycles. The number of hydrogen-bond acceptors (Lipinski definition) is 4. The fourth-order valence-electron chi connectivity index (χ4n) is 2.09. The molecule has 2 aromatic heterocycles. The Morgan fingerprint density at radius 2 is 2.00 bits per heavy atom. The lowest BCUT2D eigenvalue weighted by Gasteiger charge is -2.17. The summed E-state index contributed by atoms with van der Waals surface area (Å²) in [5.74, 6) is 0.958. The van der Waals surface area contributed by atoms with Gasteiger partial charge in [0, 0.05) is 38.2 Å². The molecule has 2 heterocycles. The van der Waals surface area contributed by atoms with Crippen molar-refractivity contribution in [3.63, 3.8) is 0 Å². The van der Waals surface area contributed by atoms with E-state index >= 15 is 0 Å². The molecule has 0 aliphatic carbocycles. The Hall–Kier alpha value is -1.94. The minimum Gasteiger partial charge on any atom is -0.370 e. The molecule has 0 saturated carbocycles. The third kappa shape index (κ3) is 4.63. The van der Waals surface area contributed by atoms with Gasteiger partial charge >= 0.3 is 0 Å². The molecule has 0 atom stereocenters. The van der Waals surface area contributed by atoms with Gasteiger partial charge in [0.25, 0.3) is 0 Å². The average Bonchev–Trinajstić information content (AvgIpc) is 2.46. The minimum absolute atomic E-state index is 0.897. The van der Waals surface area contributed by atoms with Crippen LogP contribution in [0.3, 0.4) is 0 Å². The van der Waals surface area contributed by atoms with Gasteiger partial charge in [-0.3, -0.25) is 9.88 Å². The first-order chi connectivity index (χ1) is 9.78. The summed E-state index contributed by atoms with van der Waals surface area (Å²) in [6.45, 7) is 4.91. The van der Waals surface area contributed by atoms with Crippen LogP contribution in [0.5, 0.6) is 0 Å². The van der Waals surface area contributed by atoms with Crippen molar-refractivity contribution in [3.8, 4) is 0 Å². The highest BCUT2D eigenvalue weighted by Gasteiger charge is 2.03. The van der Waals surface area contributed by atoms with E-state index < -0.39 is 0 Å². The molecule has 0 aliphatic heterocycles. The largest absolute Gasteiger partial charge is 0.370 e. The zero-order chi connectivity index (χ0) is 14.2. The molecular weight excluding hydrogens is 248 g/mol. The molecule has 2 rings (SSSR count). The van der Waals surface area contributed by atoms with Gasteiger partial charge in [0.1, 0.15) is 5.82 Å². The van der Waals surface area contributed by atoms with E-state index in [2.05, 4.69) is 52.4 Å². The van der Waals surface area contributed by atoms with Crippen LogP contribution >= 0.6 is 0 Å². The Morgan fingerprint density at radius 3 is 2.75 bits per heavy atom. The van der Waals surface area contributed by atoms with Crippen molar-refractivity contribution in [1.82, 2.24) is 14.9 Å². The van der Waals surface area contributed by atoms with Crippen molar-refractivity contribution in [2.24, 2.45) is 0 Å². The number of pyridine rings is 2. The first-order valence-corrected chi connectivity index (χ1v) is 7.04. The quantitative estimate of drug-likeness (QED) is 0.840. The van der Waals surface area contributed by atoms with E-state index in [-0.39, 0.29) is 0 Å². The molecule has 4 nitrogen and oxygen atoms in total. The zero-order valence-electron chi connectivity index (χ0n) is 12.2. The van der Waals surface area contributed by atoms with Crippen LogP contribution in [0.25, 0.3) is 0 Å². The van der Waals surface area contributed by atoms with Gasteiger partial charge in [-0.25, -0.2) is 4.98 Å². The van der Waals surface area contributed by atoms with Crippen molar-refractivity contribution in [1.29, 1.82) is 0 Å². The Labute approximate surface area is 120 Å². The van der Waals surface area contributed by atoms with E-state index in [9.17, 15) is 0 Å². The number of hydrogen-bond donors (Lipinski definition) is 1. The third-order valence-corrected chi connectivity index (χ3v) is 3.01. The van der Waals surface area contributed by atoms with Gasteiger partial charge in [-0.05, 0) is 42.8 Å². The van der Waals surface area contributed by atoms with Gasteiger partial charge in [0.15, 0.2) is 0 Å². The van der Waals surface area contributed by atoms with Gasteiger partial charge in [-0.15, -0.1) is 0 Å². The highest BCUT2D eigenvalue weighted by Crippen LogP contribution is 2.10. The summed E-state index contributed by atoms with van der Waals surface area (Å²) >= 11 is 0. The molecule has 2 aromatic rings. The Balaban J connectivity index is 1.92. The number of nitrogens with one attached hydrogen (secondary N) is 1. The predicted octanol–water partition coefficient (Wildman–Crippen LogP) is 2.93. The van der Waals surface area contributed by atoms with Crippen LogP contribution in [0.15, 0.2) is 42.9 Å². The molecule has 0 amide bonds. The van der Waals surface area contributed by atoms with Crippen molar-refractivity contribution in [2.45, 2.75) is 26.4 Å². The highest BCUT2D eigenvalue weighted by atomic mass is 15.1. The summed E-state index contributed by atoms with van der Waals surface area (Å²) in [6.07, 6.45) is 6.69. The Bertz CT molecular complexity index is 513. The SMILES string of the molecule is CCCNc1cc(CN(C)Cc2cccnc2)ccn1. The molecule has 0 saturated heterocycles. The molecule has 106 valence electrons. The van der Waals surface area contributed by atoms with E-state index in [1.165, 1.54) is 11.1 Å². The third-order valence-electron chi connectivity index (χ3n) is 3.01. The maximum Gasteiger partial charge on any atom is 0.126 e. The topological polar surface area (TPSA) is 41.0 Å². The molecule has 0 radical (unpaired) electrons. The van der Waals surface area contributed by atoms with E-state index in [0.29, 0.717) is 0 Å². The van der Waals surface area contributed by atoms with Crippen LogP contribution in [-0.4, -0.2) is 28.5 Å². The number of anilines is 1. The second-order valence-electron chi connectivity index (χ2n) is 5.01. The van der Waals surface area contributed by atoms with Gasteiger partial charge in [0.05, 0.1) is 0 Å². The van der Waals surface area contributed by atoms with Crippen LogP contribution in [0.2, 0.25) is 0 Å². The number of rotatable bonds is 7. The fourth-order valence-corrected chi connectivity index (χ4v) is 2.09. The van der Waals surface area contributed by atoms with Crippen molar-refractivity contribution < 1.29 is 0 Å². The lowest BCUT2D eigenvalue weighted by Crippen LogP contribution is -2.17. The molecule has 0 unspecified atom stereocenters. The lowest BCUT2D eigenvalue weighted by molar-refractivity contribution is 0.318. The summed E-state index contributed by atoms with van der Waals surface area (Å²) in [6, 6.07) is 8.26. The smallest absolute Gasteiger partial charge is 0.126 e. The van der Waals surface area contributed by atoms with E-state index in [1.807, 2.05) is 18.5 Å². The molecule has 4 heteroatoms. The molecule has 0 spiro atoms. The van der Waals surface area contributed by atoms with Crippen molar-refractivity contribution >= 4 is 5.82 Å². The van der Waals surface area contributed by atoms with E-state index in [4.69, 9.17) is 0 Å². The van der Waals surface area contributed by atoms with Crippen LogP contribution in [-0.2, 0) is 13.1 Å². The molecule has 0 bridgehead atoms. The zero-order valence-corrected chi connectivity index (χ0v) is 12.2. The Morgan fingerprint density at radius 1 is 1.15 bits per heavy atom. The van der Waals surface area contributed by atoms with Gasteiger partial charge in [-0.1, -0.05) is 13.0 Å². The molecular formula is C16H22N4. The van der Waals surface area contributed by atoms with Crippen LogP contribution in [0.4, 0.5) is 5.82 Å². The van der Waals surface area contributed by atoms with Crippen LogP contribution in [0, 0.1) is 0 Å². The van der Waals surface area contributed by atoms with Crippen molar-refractivity contribution in [3.05, 3.63) is 54.0 Å². The van der Waals surface area contributed by atoms with Crippen LogP contribution in [0.1, 0.15) is 24.5 Å². The summed E-state index contributed by atoms with van der Waals surface area (Å²) in [5, 5.41) is 3.32. The monoisotopic (exact) mass is 270 g/mol. The van der Waals surface area contributed by atoms with E-state index in [0.717, 1.165) is 31.9 Å². The standard InChI is InChI=1S/C16H22N4/c1-3-7-18-16-10-14(6-9-19-16)12-20(2)13-15-5-4-8-17-11-15/h4-6,8-11H,3,7,12-13H2,1-2H3,(H,18,19). The number of nitrogens with zero attached hydrogens (tertiary/aromatic N) is 3. The molecule has 20 heavy (non-hydrogen) atoms. The summed E-state index contributed by atoms with van der Waals surface area (Å²) in [5.41, 5.74) is 2.50. The van der Waals surface area contributed by atoms with Gasteiger partial charge in [0.2, 0.25) is 0 Å². The van der Waals surface area contributed by atoms with Gasteiger partial charge < -0.3 is 5.32 Å². The Kier molecular flexibility index (Phi) is 5.50. The number of aromatic nitrogens is 2. The summed E-state index contributed by atoms with van der Waals surface area (Å²) in [4.78, 5) is 10.7. The second kappa shape index (κ2) is 7.60. The van der Waals surface area contributed by atoms with Gasteiger partial charge in [-0.2, -0.15) is 0 Å².